The third-order valence-electron chi connectivity index (χ3n) is 3.07. The van der Waals surface area contributed by atoms with Gasteiger partial charge in [-0.2, -0.15) is 0 Å². The molecule has 0 spiro atoms. The van der Waals surface area contributed by atoms with Crippen LogP contribution >= 0.6 is 11.8 Å². The molecule has 0 amide bonds. The quantitative estimate of drug-likeness (QED) is 0.333. The summed E-state index contributed by atoms with van der Waals surface area (Å²) in [5.74, 6) is 0.714. The summed E-state index contributed by atoms with van der Waals surface area (Å²) in [6, 6.07) is 0. The molecule has 0 N–H and O–H groups in total. The Morgan fingerprint density at radius 3 is 2.29 bits per heavy atom. The molecule has 0 aromatic heterocycles. The minimum atomic E-state index is -2.19. The van der Waals surface area contributed by atoms with Crippen LogP contribution in [-0.2, 0) is 9.53 Å². The highest BCUT2D eigenvalue weighted by molar-refractivity contribution is 8.00. The van der Waals surface area contributed by atoms with Gasteiger partial charge in [0, 0.05) is 6.42 Å². The first-order valence-corrected chi connectivity index (χ1v) is 9.12. The first-order valence-electron chi connectivity index (χ1n) is 8.07. The van der Waals surface area contributed by atoms with Crippen LogP contribution in [0.15, 0.2) is 0 Å². The highest BCUT2D eigenvalue weighted by Gasteiger charge is 2.20. The zero-order chi connectivity index (χ0) is 16.1. The first kappa shape index (κ1) is 20.7. The predicted octanol–water partition coefficient (Wildman–Crippen LogP) is 5.45. The van der Waals surface area contributed by atoms with Crippen molar-refractivity contribution in [2.24, 2.45) is 0 Å². The Balaban J connectivity index is 3.94. The number of carbonyl (C=O) groups is 1. The Morgan fingerprint density at radius 2 is 1.71 bits per heavy atom. The van der Waals surface area contributed by atoms with Gasteiger partial charge in [0.15, 0.2) is 0 Å². The number of unbranched alkanes of at least 4 members (excludes halogenated alkanes) is 4. The fourth-order valence-electron chi connectivity index (χ4n) is 1.96. The highest BCUT2D eigenvalue weighted by Crippen LogP contribution is 2.22. The Hall–Kier alpha value is -0.320. The van der Waals surface area contributed by atoms with Gasteiger partial charge in [-0.15, -0.1) is 11.8 Å². The summed E-state index contributed by atoms with van der Waals surface area (Å²) in [5, 5.41) is -0.103. The van der Waals surface area contributed by atoms with Crippen LogP contribution in [0.2, 0.25) is 0 Å². The molecule has 0 bridgehead atoms. The second kappa shape index (κ2) is 13.4. The van der Waals surface area contributed by atoms with E-state index in [1.165, 1.54) is 0 Å². The molecule has 0 aromatic carbocycles. The minimum absolute atomic E-state index is 0.0139. The SMILES string of the molecule is CCCCCC(SCCCCCC(F)F)C(=O)OC(C)C. The van der Waals surface area contributed by atoms with Crippen molar-refractivity contribution in [1.82, 2.24) is 0 Å². The van der Waals surface area contributed by atoms with Crippen molar-refractivity contribution in [3.8, 4) is 0 Å². The van der Waals surface area contributed by atoms with Gasteiger partial charge in [-0.3, -0.25) is 4.79 Å². The molecule has 126 valence electrons. The second-order valence-corrected chi connectivity index (χ2v) is 6.89. The molecular weight excluding hydrogens is 294 g/mol. The third kappa shape index (κ3) is 13.1. The Morgan fingerprint density at radius 1 is 1.05 bits per heavy atom. The Bertz CT molecular complexity index is 261. The van der Waals surface area contributed by atoms with Crippen LogP contribution in [0.25, 0.3) is 0 Å². The van der Waals surface area contributed by atoms with Crippen LogP contribution < -0.4 is 0 Å². The number of thioether (sulfide) groups is 1. The number of esters is 1. The number of alkyl halides is 2. The van der Waals surface area contributed by atoms with Crippen LogP contribution in [0.1, 0.15) is 72.1 Å². The van der Waals surface area contributed by atoms with Crippen molar-refractivity contribution < 1.29 is 18.3 Å². The van der Waals surface area contributed by atoms with Gasteiger partial charge >= 0.3 is 5.97 Å². The maximum atomic E-state index is 12.0. The molecule has 0 aromatic rings. The largest absolute Gasteiger partial charge is 0.462 e. The van der Waals surface area contributed by atoms with Gasteiger partial charge in [-0.25, -0.2) is 8.78 Å². The van der Waals surface area contributed by atoms with E-state index in [0.717, 1.165) is 44.3 Å². The molecule has 2 nitrogen and oxygen atoms in total. The van der Waals surface area contributed by atoms with E-state index in [-0.39, 0.29) is 23.7 Å². The summed E-state index contributed by atoms with van der Waals surface area (Å²) in [5.41, 5.74) is 0. The van der Waals surface area contributed by atoms with Gasteiger partial charge in [0.25, 0.3) is 0 Å². The van der Waals surface area contributed by atoms with Gasteiger partial charge in [0.05, 0.1) is 6.10 Å². The lowest BCUT2D eigenvalue weighted by molar-refractivity contribution is -0.146. The van der Waals surface area contributed by atoms with Gasteiger partial charge < -0.3 is 4.74 Å². The number of carbonyl (C=O) groups excluding carboxylic acids is 1. The topological polar surface area (TPSA) is 26.3 Å². The van der Waals surface area contributed by atoms with Crippen molar-refractivity contribution >= 4 is 17.7 Å². The van der Waals surface area contributed by atoms with E-state index in [1.807, 2.05) is 13.8 Å². The van der Waals surface area contributed by atoms with Crippen molar-refractivity contribution in [2.75, 3.05) is 5.75 Å². The third-order valence-corrected chi connectivity index (χ3v) is 4.43. The van der Waals surface area contributed by atoms with Gasteiger partial charge in [-0.05, 0) is 38.9 Å². The molecule has 0 aliphatic carbocycles. The number of hydrogen-bond acceptors (Lipinski definition) is 3. The standard InChI is InChI=1S/C16H30F2O2S/c1-4-5-7-10-14(16(19)20-13(2)3)21-12-9-6-8-11-15(17)18/h13-15H,4-12H2,1-3H3. The van der Waals surface area contributed by atoms with Crippen molar-refractivity contribution in [2.45, 2.75) is 89.9 Å². The Labute approximate surface area is 132 Å². The second-order valence-electron chi connectivity index (χ2n) is 5.58. The minimum Gasteiger partial charge on any atom is -0.462 e. The molecule has 0 radical (unpaired) electrons. The summed E-state index contributed by atoms with van der Waals surface area (Å²) >= 11 is 1.62. The number of halogens is 2. The lowest BCUT2D eigenvalue weighted by Gasteiger charge is -2.17. The molecule has 21 heavy (non-hydrogen) atoms. The van der Waals surface area contributed by atoms with E-state index < -0.39 is 6.43 Å². The van der Waals surface area contributed by atoms with Crippen molar-refractivity contribution in [3.63, 3.8) is 0 Å². The smallest absolute Gasteiger partial charge is 0.319 e. The van der Waals surface area contributed by atoms with Crippen molar-refractivity contribution in [1.29, 1.82) is 0 Å². The molecule has 0 fully saturated rings. The zero-order valence-corrected chi connectivity index (χ0v) is 14.4. The van der Waals surface area contributed by atoms with E-state index in [0.29, 0.717) is 6.42 Å². The first-order chi connectivity index (χ1) is 9.97. The van der Waals surface area contributed by atoms with Crippen LogP contribution in [0, 0.1) is 0 Å². The van der Waals surface area contributed by atoms with Gasteiger partial charge in [0.1, 0.15) is 5.25 Å². The highest BCUT2D eigenvalue weighted by atomic mass is 32.2. The van der Waals surface area contributed by atoms with Crippen molar-refractivity contribution in [3.05, 3.63) is 0 Å². The maximum absolute atomic E-state index is 12.0. The van der Waals surface area contributed by atoms with Crippen LogP contribution in [0.5, 0.6) is 0 Å². The molecule has 1 atom stereocenters. The summed E-state index contributed by atoms with van der Waals surface area (Å²) in [6.45, 7) is 5.85. The molecule has 0 rings (SSSR count). The number of rotatable bonds is 13. The molecule has 1 unspecified atom stereocenters. The van der Waals surface area contributed by atoms with Gasteiger partial charge in [0.2, 0.25) is 6.43 Å². The Kier molecular flexibility index (Phi) is 13.1. The predicted molar refractivity (Wildman–Crippen MR) is 86.1 cm³/mol. The summed E-state index contributed by atoms with van der Waals surface area (Å²) in [4.78, 5) is 12.0. The van der Waals surface area contributed by atoms with E-state index in [4.69, 9.17) is 4.74 Å². The van der Waals surface area contributed by atoms with E-state index in [9.17, 15) is 13.6 Å². The molecule has 5 heteroatoms. The van der Waals surface area contributed by atoms with E-state index >= 15 is 0 Å². The van der Waals surface area contributed by atoms with Crippen LogP contribution in [0.4, 0.5) is 8.78 Å². The lowest BCUT2D eigenvalue weighted by Crippen LogP contribution is -2.24. The number of hydrogen-bond donors (Lipinski definition) is 0. The summed E-state index contributed by atoms with van der Waals surface area (Å²) < 4.78 is 29.3. The lowest BCUT2D eigenvalue weighted by atomic mass is 10.1. The summed E-state index contributed by atoms with van der Waals surface area (Å²) in [6.07, 6.45) is 4.10. The average molecular weight is 324 g/mol. The fourth-order valence-corrected chi connectivity index (χ4v) is 3.14. The van der Waals surface area contributed by atoms with Gasteiger partial charge in [-0.1, -0.05) is 32.6 Å². The normalized spacial score (nSPS) is 12.9. The average Bonchev–Trinajstić information content (AvgIpc) is 2.39. The monoisotopic (exact) mass is 324 g/mol. The zero-order valence-electron chi connectivity index (χ0n) is 13.6. The van der Waals surface area contributed by atoms with Crippen LogP contribution in [0.3, 0.4) is 0 Å². The molecule has 0 saturated carbocycles. The maximum Gasteiger partial charge on any atom is 0.319 e. The van der Waals surface area contributed by atoms with E-state index in [2.05, 4.69) is 6.92 Å². The molecule has 0 aliphatic rings. The molecule has 0 saturated heterocycles. The molecule has 0 heterocycles. The molecule has 0 aliphatic heterocycles. The van der Waals surface area contributed by atoms with Crippen LogP contribution in [-0.4, -0.2) is 29.5 Å². The fraction of sp³-hybridized carbons (Fsp3) is 0.938. The van der Waals surface area contributed by atoms with E-state index in [1.54, 1.807) is 11.8 Å². The number of ether oxygens (including phenoxy) is 1. The molecular formula is C16H30F2O2S. The summed E-state index contributed by atoms with van der Waals surface area (Å²) in [7, 11) is 0.